The topological polar surface area (TPSA) is 76.7 Å². The Kier molecular flexibility index (Phi) is 4.63. The van der Waals surface area contributed by atoms with Crippen LogP contribution in [0.25, 0.3) is 0 Å². The molecule has 142 valence electrons. The number of carbonyl (C=O) groups excluding carboxylic acids is 1. The van der Waals surface area contributed by atoms with Gasteiger partial charge in [-0.05, 0) is 72.4 Å². The van der Waals surface area contributed by atoms with E-state index in [1.165, 1.54) is 45.5 Å². The first-order valence-corrected chi connectivity index (χ1v) is 11.6. The zero-order valence-corrected chi connectivity index (χ0v) is 16.8. The number of nitrogens with two attached hydrogens (primary N) is 1. The van der Waals surface area contributed by atoms with E-state index in [1.54, 1.807) is 11.3 Å². The van der Waals surface area contributed by atoms with Crippen molar-refractivity contribution >= 4 is 33.9 Å². The van der Waals surface area contributed by atoms with Crippen molar-refractivity contribution in [2.24, 2.45) is 9.50 Å². The van der Waals surface area contributed by atoms with E-state index < -0.39 is 10.9 Å². The Labute approximate surface area is 165 Å². The zero-order valence-electron chi connectivity index (χ0n) is 15.2. The number of aryl methyl sites for hydroxylation is 2. The summed E-state index contributed by atoms with van der Waals surface area (Å²) in [5, 5.41) is 9.36. The molecule has 3 N–H and O–H groups in total. The molecule has 2 amide bonds. The maximum absolute atomic E-state index is 12.7. The Morgan fingerprint density at radius 1 is 1.07 bits per heavy atom. The third-order valence-corrected chi connectivity index (χ3v) is 8.38. The average Bonchev–Trinajstić information content (AvgIpc) is 3.39. The van der Waals surface area contributed by atoms with E-state index in [0.29, 0.717) is 6.61 Å². The number of nitrogens with one attached hydrogen (secondary N) is 1. The highest BCUT2D eigenvalue weighted by Crippen LogP contribution is 2.38. The molecule has 27 heavy (non-hydrogen) atoms. The summed E-state index contributed by atoms with van der Waals surface area (Å²) in [5.41, 5.74) is 7.67. The lowest BCUT2D eigenvalue weighted by atomic mass is 9.99. The van der Waals surface area contributed by atoms with Crippen molar-refractivity contribution < 1.29 is 9.53 Å². The molecule has 0 fully saturated rings. The minimum Gasteiger partial charge on any atom is -0.376 e. The van der Waals surface area contributed by atoms with Crippen LogP contribution < -0.4 is 10.5 Å². The van der Waals surface area contributed by atoms with Gasteiger partial charge in [-0.3, -0.25) is 5.14 Å². The number of rotatable bonds is 2. The fourth-order valence-electron chi connectivity index (χ4n) is 4.45. The molecule has 0 saturated heterocycles. The lowest BCUT2D eigenvalue weighted by Crippen LogP contribution is -2.14. The summed E-state index contributed by atoms with van der Waals surface area (Å²) >= 11 is 1.67. The van der Waals surface area contributed by atoms with Crippen molar-refractivity contribution in [1.29, 1.82) is 0 Å². The molecule has 2 aliphatic carbocycles. The summed E-state index contributed by atoms with van der Waals surface area (Å²) in [6.45, 7) is 1.39. The molecule has 1 aliphatic heterocycles. The van der Waals surface area contributed by atoms with E-state index in [9.17, 15) is 4.79 Å². The van der Waals surface area contributed by atoms with Gasteiger partial charge in [-0.15, -0.1) is 11.3 Å². The number of anilines is 1. The van der Waals surface area contributed by atoms with Crippen molar-refractivity contribution in [2.75, 3.05) is 11.9 Å². The predicted molar refractivity (Wildman–Crippen MR) is 109 cm³/mol. The quantitative estimate of drug-likeness (QED) is 0.796. The highest BCUT2D eigenvalue weighted by atomic mass is 32.2. The number of urea groups is 1. The minimum atomic E-state index is -0.923. The third-order valence-electron chi connectivity index (χ3n) is 5.70. The highest BCUT2D eigenvalue weighted by Gasteiger charge is 2.25. The molecule has 0 spiro atoms. The maximum Gasteiger partial charge on any atom is 0.352 e. The van der Waals surface area contributed by atoms with Crippen LogP contribution in [0.1, 0.15) is 45.5 Å². The number of hydrogen-bond acceptors (Lipinski definition) is 3. The Morgan fingerprint density at radius 2 is 1.81 bits per heavy atom. The van der Waals surface area contributed by atoms with Crippen LogP contribution in [0.4, 0.5) is 10.5 Å². The first-order valence-electron chi connectivity index (χ1n) is 9.56. The van der Waals surface area contributed by atoms with Crippen LogP contribution in [0.2, 0.25) is 0 Å². The lowest BCUT2D eigenvalue weighted by molar-refractivity contribution is 0.112. The summed E-state index contributed by atoms with van der Waals surface area (Å²) in [6.07, 6.45) is 7.59. The van der Waals surface area contributed by atoms with E-state index >= 15 is 0 Å². The SMILES string of the molecule is N/S(=N/C(=O)Nc1c2c(cc3c1CCC3)CCC2)c1cc2c(s1)CCOC2. The van der Waals surface area contributed by atoms with Crippen molar-refractivity contribution in [1.82, 2.24) is 0 Å². The molecule has 0 bridgehead atoms. The van der Waals surface area contributed by atoms with Gasteiger partial charge in [-0.1, -0.05) is 6.07 Å². The van der Waals surface area contributed by atoms with Gasteiger partial charge in [0.2, 0.25) is 0 Å². The van der Waals surface area contributed by atoms with E-state index in [1.807, 2.05) is 0 Å². The average molecular weight is 402 g/mol. The summed E-state index contributed by atoms with van der Waals surface area (Å²) < 4.78 is 10.7. The molecule has 1 aromatic carbocycles. The normalized spacial score (nSPS) is 18.9. The number of carbonyl (C=O) groups is 1. The van der Waals surface area contributed by atoms with Gasteiger partial charge in [0.1, 0.15) is 0 Å². The maximum atomic E-state index is 12.7. The van der Waals surface area contributed by atoms with Crippen LogP contribution in [0.15, 0.2) is 20.7 Å². The molecule has 1 unspecified atom stereocenters. The number of thiophene rings is 1. The van der Waals surface area contributed by atoms with Crippen LogP contribution in [0.5, 0.6) is 0 Å². The molecule has 5 nitrogen and oxygen atoms in total. The van der Waals surface area contributed by atoms with Gasteiger partial charge in [0, 0.05) is 27.9 Å². The zero-order chi connectivity index (χ0) is 18.4. The fourth-order valence-corrected chi connectivity index (χ4v) is 6.66. The summed E-state index contributed by atoms with van der Waals surface area (Å²) in [6, 6.07) is 4.10. The van der Waals surface area contributed by atoms with Gasteiger partial charge in [-0.25, -0.2) is 4.79 Å². The van der Waals surface area contributed by atoms with Gasteiger partial charge >= 0.3 is 6.03 Å². The number of ether oxygens (including phenoxy) is 1. The van der Waals surface area contributed by atoms with Crippen molar-refractivity contribution in [2.45, 2.75) is 55.8 Å². The minimum absolute atomic E-state index is 0.321. The predicted octanol–water partition coefficient (Wildman–Crippen LogP) is 4.06. The second-order valence-electron chi connectivity index (χ2n) is 7.39. The number of nitrogens with zero attached hydrogens (tertiary/aromatic N) is 1. The molecular formula is C20H23N3O2S2. The molecule has 1 atom stereocenters. The first-order chi connectivity index (χ1) is 13.2. The van der Waals surface area contributed by atoms with Gasteiger partial charge in [-0.2, -0.15) is 4.36 Å². The second-order valence-corrected chi connectivity index (χ2v) is 10.0. The second kappa shape index (κ2) is 7.13. The number of benzene rings is 1. The molecule has 2 aromatic rings. The van der Waals surface area contributed by atoms with Gasteiger partial charge in [0.25, 0.3) is 0 Å². The fraction of sp³-hybridized carbons (Fsp3) is 0.450. The molecule has 3 aliphatic rings. The van der Waals surface area contributed by atoms with Crippen LogP contribution in [-0.4, -0.2) is 12.6 Å². The molecule has 0 saturated carbocycles. The number of hydrogen-bond donors (Lipinski definition) is 2. The van der Waals surface area contributed by atoms with Crippen LogP contribution >= 0.6 is 11.3 Å². The van der Waals surface area contributed by atoms with E-state index in [0.717, 1.165) is 48.6 Å². The lowest BCUT2D eigenvalue weighted by Gasteiger charge is -2.15. The Morgan fingerprint density at radius 3 is 2.52 bits per heavy atom. The van der Waals surface area contributed by atoms with Gasteiger partial charge in [0.15, 0.2) is 0 Å². The number of amides is 2. The van der Waals surface area contributed by atoms with Crippen molar-refractivity contribution in [3.63, 3.8) is 0 Å². The Hall–Kier alpha value is -1.54. The van der Waals surface area contributed by atoms with Crippen molar-refractivity contribution in [3.05, 3.63) is 44.8 Å². The van der Waals surface area contributed by atoms with Crippen LogP contribution in [-0.2, 0) is 54.3 Å². The monoisotopic (exact) mass is 401 g/mol. The Bertz CT molecular complexity index is 909. The van der Waals surface area contributed by atoms with Gasteiger partial charge < -0.3 is 10.1 Å². The Balaban J connectivity index is 1.41. The first kappa shape index (κ1) is 17.6. The highest BCUT2D eigenvalue weighted by molar-refractivity contribution is 7.87. The number of fused-ring (bicyclic) bond motifs is 3. The van der Waals surface area contributed by atoms with E-state index in [-0.39, 0.29) is 6.03 Å². The molecule has 1 aromatic heterocycles. The van der Waals surface area contributed by atoms with E-state index in [2.05, 4.69) is 21.8 Å². The van der Waals surface area contributed by atoms with Crippen LogP contribution in [0, 0.1) is 0 Å². The molecule has 0 radical (unpaired) electrons. The van der Waals surface area contributed by atoms with Crippen molar-refractivity contribution in [3.8, 4) is 0 Å². The third kappa shape index (κ3) is 3.27. The molecule has 7 heteroatoms. The molecule has 2 heterocycles. The smallest absolute Gasteiger partial charge is 0.352 e. The standard InChI is InChI=1S/C20H23N3O2S2/c21-27(18-10-14-11-25-8-7-17(14)26-18)23-20(24)22-19-15-5-1-3-12(15)9-13-4-2-6-16(13)19/h9-10H,1-8,11H2,(H3,21,22,23,24). The van der Waals surface area contributed by atoms with Crippen LogP contribution in [0.3, 0.4) is 0 Å². The largest absolute Gasteiger partial charge is 0.376 e. The summed E-state index contributed by atoms with van der Waals surface area (Å²) in [5.74, 6) is 0. The van der Waals surface area contributed by atoms with Gasteiger partial charge in [0.05, 0.1) is 17.4 Å². The summed E-state index contributed by atoms with van der Waals surface area (Å²) in [7, 11) is -0.923. The molecular weight excluding hydrogens is 378 g/mol. The van der Waals surface area contributed by atoms with E-state index in [4.69, 9.17) is 9.88 Å². The summed E-state index contributed by atoms with van der Waals surface area (Å²) in [4.78, 5) is 14.0. The molecule has 5 rings (SSSR count).